The standard InChI is InChI=1S/C13H19NO4/c1-4-9-8(3)12(13(17)18-5-2)14-10(9)6-7-11(15)16/h14H,4-7H2,1-3H3,(H,15,16). The van der Waals surface area contributed by atoms with E-state index < -0.39 is 5.97 Å². The lowest BCUT2D eigenvalue weighted by molar-refractivity contribution is -0.136. The highest BCUT2D eigenvalue weighted by Crippen LogP contribution is 2.21. The van der Waals surface area contributed by atoms with Crippen molar-refractivity contribution in [3.8, 4) is 0 Å². The van der Waals surface area contributed by atoms with Gasteiger partial charge in [0.05, 0.1) is 13.0 Å². The Labute approximate surface area is 106 Å². The molecule has 5 heteroatoms. The Morgan fingerprint density at radius 1 is 1.33 bits per heavy atom. The summed E-state index contributed by atoms with van der Waals surface area (Å²) in [6, 6.07) is 0. The topological polar surface area (TPSA) is 79.4 Å². The molecule has 0 saturated heterocycles. The lowest BCUT2D eigenvalue weighted by Crippen LogP contribution is -2.07. The van der Waals surface area contributed by atoms with Crippen molar-refractivity contribution in [2.75, 3.05) is 6.61 Å². The van der Waals surface area contributed by atoms with E-state index in [1.54, 1.807) is 6.92 Å². The highest BCUT2D eigenvalue weighted by Gasteiger charge is 2.19. The average Bonchev–Trinajstić information content (AvgIpc) is 2.63. The summed E-state index contributed by atoms with van der Waals surface area (Å²) in [5, 5.41) is 8.70. The Kier molecular flexibility index (Phi) is 4.95. The molecule has 0 spiro atoms. The monoisotopic (exact) mass is 253 g/mol. The number of carboxylic acid groups (broad SMARTS) is 1. The van der Waals surface area contributed by atoms with Gasteiger partial charge in [-0.05, 0) is 37.8 Å². The number of carbonyl (C=O) groups excluding carboxylic acids is 1. The smallest absolute Gasteiger partial charge is 0.355 e. The SMILES string of the molecule is CCOC(=O)c1[nH]c(CCC(=O)O)c(CC)c1C. The maximum atomic E-state index is 11.7. The molecule has 18 heavy (non-hydrogen) atoms. The van der Waals surface area contributed by atoms with Gasteiger partial charge in [-0.25, -0.2) is 4.79 Å². The van der Waals surface area contributed by atoms with Crippen LogP contribution in [0.3, 0.4) is 0 Å². The fraction of sp³-hybridized carbons (Fsp3) is 0.538. The van der Waals surface area contributed by atoms with E-state index in [1.807, 2.05) is 13.8 Å². The van der Waals surface area contributed by atoms with E-state index in [4.69, 9.17) is 9.84 Å². The van der Waals surface area contributed by atoms with Crippen LogP contribution < -0.4 is 0 Å². The van der Waals surface area contributed by atoms with Crippen molar-refractivity contribution in [2.24, 2.45) is 0 Å². The number of aliphatic carboxylic acids is 1. The predicted octanol–water partition coefficient (Wildman–Crippen LogP) is 2.08. The molecule has 0 aliphatic heterocycles. The zero-order valence-corrected chi connectivity index (χ0v) is 11.0. The van der Waals surface area contributed by atoms with E-state index in [2.05, 4.69) is 4.98 Å². The number of carbonyl (C=O) groups is 2. The molecule has 1 aromatic rings. The first-order valence-electron chi connectivity index (χ1n) is 6.10. The summed E-state index contributed by atoms with van der Waals surface area (Å²) in [5.74, 6) is -1.23. The van der Waals surface area contributed by atoms with Gasteiger partial charge in [0.2, 0.25) is 0 Å². The van der Waals surface area contributed by atoms with Crippen LogP contribution in [0.25, 0.3) is 0 Å². The van der Waals surface area contributed by atoms with Crippen LogP contribution >= 0.6 is 0 Å². The van der Waals surface area contributed by atoms with Crippen molar-refractivity contribution < 1.29 is 19.4 Å². The summed E-state index contributed by atoms with van der Waals surface area (Å²) in [6.07, 6.45) is 1.21. The molecule has 1 rings (SSSR count). The average molecular weight is 253 g/mol. The molecule has 100 valence electrons. The molecule has 0 amide bonds. The van der Waals surface area contributed by atoms with E-state index in [0.717, 1.165) is 23.2 Å². The zero-order valence-electron chi connectivity index (χ0n) is 11.0. The number of rotatable bonds is 6. The number of aryl methyl sites for hydroxylation is 1. The number of hydrogen-bond donors (Lipinski definition) is 2. The summed E-state index contributed by atoms with van der Waals surface area (Å²) in [4.78, 5) is 25.3. The molecule has 0 aromatic carbocycles. The van der Waals surface area contributed by atoms with Gasteiger partial charge < -0.3 is 14.8 Å². The largest absolute Gasteiger partial charge is 0.481 e. The highest BCUT2D eigenvalue weighted by molar-refractivity contribution is 5.89. The Hall–Kier alpha value is -1.78. The number of ether oxygens (including phenoxy) is 1. The first-order chi connectivity index (χ1) is 8.51. The van der Waals surface area contributed by atoms with Crippen LogP contribution in [-0.2, 0) is 22.4 Å². The number of aromatic nitrogens is 1. The molecular formula is C13H19NO4. The van der Waals surface area contributed by atoms with Gasteiger partial charge in [-0.2, -0.15) is 0 Å². The fourth-order valence-corrected chi connectivity index (χ4v) is 2.03. The second-order valence-electron chi connectivity index (χ2n) is 4.05. The van der Waals surface area contributed by atoms with E-state index in [-0.39, 0.29) is 12.4 Å². The number of nitrogens with one attached hydrogen (secondary N) is 1. The molecular weight excluding hydrogens is 234 g/mol. The molecule has 0 unspecified atom stereocenters. The molecule has 0 atom stereocenters. The summed E-state index contributed by atoms with van der Waals surface area (Å²) in [7, 11) is 0. The van der Waals surface area contributed by atoms with Gasteiger partial charge in [-0.1, -0.05) is 6.92 Å². The van der Waals surface area contributed by atoms with Crippen molar-refractivity contribution in [1.82, 2.24) is 4.98 Å². The van der Waals surface area contributed by atoms with Crippen LogP contribution in [-0.4, -0.2) is 28.6 Å². The molecule has 0 aliphatic carbocycles. The van der Waals surface area contributed by atoms with Crippen LogP contribution in [0.1, 0.15) is 47.6 Å². The van der Waals surface area contributed by atoms with Gasteiger partial charge in [0, 0.05) is 5.69 Å². The normalized spacial score (nSPS) is 10.4. The van der Waals surface area contributed by atoms with Crippen molar-refractivity contribution in [3.63, 3.8) is 0 Å². The Morgan fingerprint density at radius 2 is 2.00 bits per heavy atom. The third-order valence-electron chi connectivity index (χ3n) is 2.89. The highest BCUT2D eigenvalue weighted by atomic mass is 16.5. The van der Waals surface area contributed by atoms with E-state index >= 15 is 0 Å². The van der Waals surface area contributed by atoms with Crippen LogP contribution in [0.15, 0.2) is 0 Å². The number of aromatic amines is 1. The summed E-state index contributed by atoms with van der Waals surface area (Å²) in [5.41, 5.74) is 3.13. The summed E-state index contributed by atoms with van der Waals surface area (Å²) < 4.78 is 4.96. The van der Waals surface area contributed by atoms with E-state index in [9.17, 15) is 9.59 Å². The molecule has 1 heterocycles. The Balaban J connectivity index is 3.00. The van der Waals surface area contributed by atoms with Crippen molar-refractivity contribution in [2.45, 2.75) is 40.0 Å². The molecule has 0 fully saturated rings. The molecule has 5 nitrogen and oxygen atoms in total. The molecule has 2 N–H and O–H groups in total. The van der Waals surface area contributed by atoms with E-state index in [1.165, 1.54) is 0 Å². The minimum atomic E-state index is -0.845. The molecule has 0 saturated carbocycles. The van der Waals surface area contributed by atoms with Gasteiger partial charge in [-0.3, -0.25) is 4.79 Å². The van der Waals surface area contributed by atoms with Crippen molar-refractivity contribution >= 4 is 11.9 Å². The molecule has 1 aromatic heterocycles. The van der Waals surface area contributed by atoms with E-state index in [0.29, 0.717) is 18.7 Å². The maximum Gasteiger partial charge on any atom is 0.355 e. The lowest BCUT2D eigenvalue weighted by atomic mass is 10.0. The third kappa shape index (κ3) is 3.12. The number of carboxylic acids is 1. The molecule has 0 radical (unpaired) electrons. The van der Waals surface area contributed by atoms with Crippen LogP contribution in [0.2, 0.25) is 0 Å². The first kappa shape index (κ1) is 14.3. The molecule has 0 bridgehead atoms. The Bertz CT molecular complexity index is 448. The van der Waals surface area contributed by atoms with Crippen molar-refractivity contribution in [3.05, 3.63) is 22.5 Å². The first-order valence-corrected chi connectivity index (χ1v) is 6.10. The maximum absolute atomic E-state index is 11.7. The number of hydrogen-bond acceptors (Lipinski definition) is 3. The third-order valence-corrected chi connectivity index (χ3v) is 2.89. The predicted molar refractivity (Wildman–Crippen MR) is 66.8 cm³/mol. The molecule has 0 aliphatic rings. The van der Waals surface area contributed by atoms with Crippen LogP contribution in [0.5, 0.6) is 0 Å². The second kappa shape index (κ2) is 6.23. The van der Waals surface area contributed by atoms with Gasteiger partial charge in [0.15, 0.2) is 0 Å². The fourth-order valence-electron chi connectivity index (χ4n) is 2.03. The summed E-state index contributed by atoms with van der Waals surface area (Å²) >= 11 is 0. The van der Waals surface area contributed by atoms with Gasteiger partial charge in [0.25, 0.3) is 0 Å². The van der Waals surface area contributed by atoms with Crippen LogP contribution in [0, 0.1) is 6.92 Å². The summed E-state index contributed by atoms with van der Waals surface area (Å²) in [6.45, 7) is 5.91. The minimum absolute atomic E-state index is 0.0508. The second-order valence-corrected chi connectivity index (χ2v) is 4.05. The quantitative estimate of drug-likeness (QED) is 0.761. The lowest BCUT2D eigenvalue weighted by Gasteiger charge is -2.00. The number of esters is 1. The van der Waals surface area contributed by atoms with Gasteiger partial charge in [-0.15, -0.1) is 0 Å². The van der Waals surface area contributed by atoms with Gasteiger partial charge >= 0.3 is 11.9 Å². The van der Waals surface area contributed by atoms with Crippen molar-refractivity contribution in [1.29, 1.82) is 0 Å². The minimum Gasteiger partial charge on any atom is -0.481 e. The Morgan fingerprint density at radius 3 is 2.50 bits per heavy atom. The number of H-pyrrole nitrogens is 1. The zero-order chi connectivity index (χ0) is 13.7. The van der Waals surface area contributed by atoms with Gasteiger partial charge in [0.1, 0.15) is 5.69 Å². The van der Waals surface area contributed by atoms with Crippen LogP contribution in [0.4, 0.5) is 0 Å².